The largest absolute Gasteiger partial charge is 0.496 e. The summed E-state index contributed by atoms with van der Waals surface area (Å²) in [5, 5.41) is 12.1. The highest BCUT2D eigenvalue weighted by Gasteiger charge is 2.42. The molecule has 5 rings (SSSR count). The van der Waals surface area contributed by atoms with Crippen LogP contribution in [0.15, 0.2) is 47.6 Å². The van der Waals surface area contributed by atoms with E-state index in [2.05, 4.69) is 15.5 Å². The van der Waals surface area contributed by atoms with Crippen LogP contribution in [-0.4, -0.2) is 39.3 Å². The number of rotatable bonds is 6. The van der Waals surface area contributed by atoms with Crippen molar-refractivity contribution in [3.63, 3.8) is 0 Å². The van der Waals surface area contributed by atoms with Gasteiger partial charge in [-0.05, 0) is 37.1 Å². The van der Waals surface area contributed by atoms with Crippen molar-refractivity contribution < 1.29 is 19.0 Å². The molecule has 0 atom stereocenters. The first kappa shape index (κ1) is 21.6. The lowest BCUT2D eigenvalue weighted by Gasteiger charge is -2.31. The van der Waals surface area contributed by atoms with Crippen LogP contribution >= 0.6 is 11.8 Å². The molecule has 0 radical (unpaired) electrons. The Hall–Kier alpha value is -3.20. The Bertz CT molecular complexity index is 1170. The number of nitrogens with zero attached hydrogens (tertiary/aromatic N) is 3. The minimum Gasteiger partial charge on any atom is -0.496 e. The SMILES string of the molecule is COc1ccccc1-c1nnc(SCC(=O)Nc2ccc3c(c2)OC2(CCCCC2)O3)n1C. The van der Waals surface area contributed by atoms with E-state index < -0.39 is 5.79 Å². The molecule has 1 N–H and O–H groups in total. The average molecular weight is 467 g/mol. The topological polar surface area (TPSA) is 87.5 Å². The fourth-order valence-electron chi connectivity index (χ4n) is 4.30. The quantitative estimate of drug-likeness (QED) is 0.529. The molecule has 33 heavy (non-hydrogen) atoms. The highest BCUT2D eigenvalue weighted by molar-refractivity contribution is 7.99. The van der Waals surface area contributed by atoms with Gasteiger partial charge >= 0.3 is 0 Å². The van der Waals surface area contributed by atoms with Gasteiger partial charge in [-0.15, -0.1) is 10.2 Å². The maximum absolute atomic E-state index is 12.6. The predicted molar refractivity (Wildman–Crippen MR) is 126 cm³/mol. The average Bonchev–Trinajstić information content (AvgIpc) is 3.37. The predicted octanol–water partition coefficient (Wildman–Crippen LogP) is 4.65. The van der Waals surface area contributed by atoms with Gasteiger partial charge in [0.25, 0.3) is 5.79 Å². The number of benzene rings is 2. The molecule has 3 aromatic rings. The van der Waals surface area contributed by atoms with Gasteiger partial charge in [0.05, 0.1) is 18.4 Å². The van der Waals surface area contributed by atoms with E-state index in [9.17, 15) is 4.79 Å². The number of ether oxygens (including phenoxy) is 3. The Balaban J connectivity index is 1.21. The van der Waals surface area contributed by atoms with Crippen LogP contribution in [0.2, 0.25) is 0 Å². The van der Waals surface area contributed by atoms with Crippen LogP contribution in [0.25, 0.3) is 11.4 Å². The Morgan fingerprint density at radius 3 is 2.73 bits per heavy atom. The number of thioether (sulfide) groups is 1. The Morgan fingerprint density at radius 1 is 1.12 bits per heavy atom. The zero-order chi connectivity index (χ0) is 22.8. The number of carbonyl (C=O) groups excluding carboxylic acids is 1. The Labute approximate surface area is 196 Å². The van der Waals surface area contributed by atoms with Crippen molar-refractivity contribution in [2.75, 3.05) is 18.2 Å². The number of hydrogen-bond acceptors (Lipinski definition) is 7. The summed E-state index contributed by atoms with van der Waals surface area (Å²) in [6.45, 7) is 0. The van der Waals surface area contributed by atoms with Crippen LogP contribution in [0.3, 0.4) is 0 Å². The maximum Gasteiger partial charge on any atom is 0.251 e. The van der Waals surface area contributed by atoms with Crippen molar-refractivity contribution in [1.29, 1.82) is 0 Å². The summed E-state index contributed by atoms with van der Waals surface area (Å²) < 4.78 is 19.5. The standard InChI is InChI=1S/C24H26N4O4S/c1-28-22(17-8-4-5-9-18(17)30-2)26-27-23(28)33-15-21(29)25-16-10-11-19-20(14-16)32-24(31-19)12-6-3-7-13-24/h4-5,8-11,14H,3,6-7,12-13,15H2,1-2H3,(H,25,29). The molecule has 1 aliphatic heterocycles. The molecule has 8 nitrogen and oxygen atoms in total. The summed E-state index contributed by atoms with van der Waals surface area (Å²) in [6, 6.07) is 13.2. The van der Waals surface area contributed by atoms with E-state index in [1.165, 1.54) is 18.2 Å². The fraction of sp³-hybridized carbons (Fsp3) is 0.375. The molecule has 2 heterocycles. The van der Waals surface area contributed by atoms with Crippen LogP contribution in [0.4, 0.5) is 5.69 Å². The van der Waals surface area contributed by atoms with E-state index >= 15 is 0 Å². The number of nitrogens with one attached hydrogen (secondary N) is 1. The van der Waals surface area contributed by atoms with Gasteiger partial charge in [0, 0.05) is 31.6 Å². The van der Waals surface area contributed by atoms with Gasteiger partial charge in [0.2, 0.25) is 5.91 Å². The first-order valence-corrected chi connectivity index (χ1v) is 12.0. The number of fused-ring (bicyclic) bond motifs is 1. The van der Waals surface area contributed by atoms with Gasteiger partial charge in [-0.25, -0.2) is 0 Å². The molecule has 0 unspecified atom stereocenters. The third kappa shape index (κ3) is 4.37. The van der Waals surface area contributed by atoms with E-state index in [1.807, 2.05) is 54.1 Å². The number of anilines is 1. The molecule has 0 saturated heterocycles. The van der Waals surface area contributed by atoms with E-state index in [4.69, 9.17) is 14.2 Å². The van der Waals surface area contributed by atoms with Crippen molar-refractivity contribution in [2.24, 2.45) is 7.05 Å². The lowest BCUT2D eigenvalue weighted by Crippen LogP contribution is -2.40. The van der Waals surface area contributed by atoms with Gasteiger partial charge in [0.15, 0.2) is 22.5 Å². The Kier molecular flexibility index (Phi) is 5.88. The second-order valence-electron chi connectivity index (χ2n) is 8.24. The molecule has 172 valence electrons. The van der Waals surface area contributed by atoms with Crippen molar-refractivity contribution in [1.82, 2.24) is 14.8 Å². The molecule has 0 bridgehead atoms. The summed E-state index contributed by atoms with van der Waals surface area (Å²) in [5.74, 6) is 2.39. The lowest BCUT2D eigenvalue weighted by molar-refractivity contribution is -0.113. The molecule has 9 heteroatoms. The molecule has 2 aliphatic rings. The number of hydrogen-bond donors (Lipinski definition) is 1. The van der Waals surface area contributed by atoms with Crippen molar-refractivity contribution in [3.05, 3.63) is 42.5 Å². The van der Waals surface area contributed by atoms with E-state index in [-0.39, 0.29) is 11.7 Å². The van der Waals surface area contributed by atoms with E-state index in [1.54, 1.807) is 7.11 Å². The van der Waals surface area contributed by atoms with Crippen LogP contribution in [0, 0.1) is 0 Å². The second kappa shape index (κ2) is 8.97. The van der Waals surface area contributed by atoms with Crippen LogP contribution in [0.5, 0.6) is 17.2 Å². The minimum absolute atomic E-state index is 0.131. The number of aromatic nitrogens is 3. The molecular weight excluding hydrogens is 440 g/mol. The molecule has 1 spiro atoms. The first-order chi connectivity index (χ1) is 16.1. The monoisotopic (exact) mass is 466 g/mol. The van der Waals surface area contributed by atoms with Crippen LogP contribution in [0.1, 0.15) is 32.1 Å². The second-order valence-corrected chi connectivity index (χ2v) is 9.18. The zero-order valence-corrected chi connectivity index (χ0v) is 19.5. The summed E-state index contributed by atoms with van der Waals surface area (Å²) in [7, 11) is 3.50. The fourth-order valence-corrected chi connectivity index (χ4v) is 5.01. The van der Waals surface area contributed by atoms with Gasteiger partial charge in [0.1, 0.15) is 5.75 Å². The normalized spacial score (nSPS) is 16.1. The third-order valence-electron chi connectivity index (χ3n) is 5.95. The molecule has 1 fully saturated rings. The number of carbonyl (C=O) groups is 1. The summed E-state index contributed by atoms with van der Waals surface area (Å²) in [4.78, 5) is 12.6. The van der Waals surface area contributed by atoms with Crippen molar-refractivity contribution in [3.8, 4) is 28.6 Å². The summed E-state index contributed by atoms with van der Waals surface area (Å²) in [5.41, 5.74) is 1.53. The first-order valence-electron chi connectivity index (χ1n) is 11.0. The molecule has 2 aromatic carbocycles. The number of para-hydroxylation sites is 1. The van der Waals surface area contributed by atoms with Crippen LogP contribution < -0.4 is 19.5 Å². The molecule has 1 amide bonds. The molecule has 1 aliphatic carbocycles. The lowest BCUT2D eigenvalue weighted by atomic mass is 9.94. The Morgan fingerprint density at radius 2 is 1.91 bits per heavy atom. The smallest absolute Gasteiger partial charge is 0.251 e. The summed E-state index contributed by atoms with van der Waals surface area (Å²) in [6.07, 6.45) is 5.23. The van der Waals surface area contributed by atoms with Gasteiger partial charge < -0.3 is 24.1 Å². The van der Waals surface area contributed by atoms with Gasteiger partial charge in [-0.2, -0.15) is 0 Å². The van der Waals surface area contributed by atoms with E-state index in [0.717, 1.165) is 42.7 Å². The molecule has 1 saturated carbocycles. The maximum atomic E-state index is 12.6. The number of methoxy groups -OCH3 is 1. The minimum atomic E-state index is -0.524. The van der Waals surface area contributed by atoms with E-state index in [0.29, 0.717) is 22.4 Å². The van der Waals surface area contributed by atoms with Gasteiger partial charge in [-0.1, -0.05) is 30.3 Å². The van der Waals surface area contributed by atoms with Crippen molar-refractivity contribution in [2.45, 2.75) is 43.0 Å². The highest BCUT2D eigenvalue weighted by atomic mass is 32.2. The van der Waals surface area contributed by atoms with Crippen LogP contribution in [-0.2, 0) is 11.8 Å². The van der Waals surface area contributed by atoms with Crippen molar-refractivity contribution >= 4 is 23.4 Å². The highest BCUT2D eigenvalue weighted by Crippen LogP contribution is 2.46. The zero-order valence-electron chi connectivity index (χ0n) is 18.7. The number of amides is 1. The molecule has 1 aromatic heterocycles. The summed E-state index contributed by atoms with van der Waals surface area (Å²) >= 11 is 1.33. The van der Waals surface area contributed by atoms with Gasteiger partial charge in [-0.3, -0.25) is 4.79 Å². The molecular formula is C24H26N4O4S. The third-order valence-corrected chi connectivity index (χ3v) is 6.97.